The molecule has 2 N–H and O–H groups in total. The van der Waals surface area contributed by atoms with Gasteiger partial charge in [0.15, 0.2) is 0 Å². The monoisotopic (exact) mass is 666 g/mol. The molecule has 0 heterocycles. The molecule has 0 radical (unpaired) electrons. The molecule has 10 heteroatoms. The highest BCUT2D eigenvalue weighted by Gasteiger charge is 2.31. The molecule has 2 aliphatic carbocycles. The molecule has 4 rings (SSSR count). The van der Waals surface area contributed by atoms with Crippen LogP contribution in [0.15, 0.2) is 60.7 Å². The van der Waals surface area contributed by atoms with Crippen LogP contribution in [0.5, 0.6) is 0 Å². The van der Waals surface area contributed by atoms with Crippen LogP contribution in [0.3, 0.4) is 0 Å². The van der Waals surface area contributed by atoms with Gasteiger partial charge in [-0.25, -0.2) is 9.59 Å². The van der Waals surface area contributed by atoms with Crippen molar-refractivity contribution in [2.24, 2.45) is 11.8 Å². The van der Waals surface area contributed by atoms with Gasteiger partial charge >= 0.3 is 24.1 Å². The summed E-state index contributed by atoms with van der Waals surface area (Å²) in [6.07, 6.45) is 5.48. The molecule has 264 valence electrons. The molecule has 0 aliphatic heterocycles. The minimum Gasteiger partial charge on any atom is -0.461 e. The van der Waals surface area contributed by atoms with Gasteiger partial charge < -0.3 is 29.6 Å². The molecule has 0 aromatic heterocycles. The zero-order valence-electron chi connectivity index (χ0n) is 29.4. The summed E-state index contributed by atoms with van der Waals surface area (Å²) in [7, 11) is 0. The van der Waals surface area contributed by atoms with Crippen LogP contribution in [0.25, 0.3) is 0 Å². The topological polar surface area (TPSA) is 129 Å². The van der Waals surface area contributed by atoms with Crippen LogP contribution in [0.2, 0.25) is 0 Å². The lowest BCUT2D eigenvalue weighted by Crippen LogP contribution is -2.42. The van der Waals surface area contributed by atoms with Crippen molar-refractivity contribution >= 4 is 24.1 Å². The number of rotatable bonds is 8. The second kappa shape index (κ2) is 18.5. The van der Waals surface area contributed by atoms with E-state index in [4.69, 9.17) is 18.9 Å². The van der Waals surface area contributed by atoms with Gasteiger partial charge in [0.2, 0.25) is 0 Å². The van der Waals surface area contributed by atoms with Crippen LogP contribution < -0.4 is 10.6 Å². The minimum absolute atomic E-state index is 0.0390. The molecule has 2 aromatic carbocycles. The maximum Gasteiger partial charge on any atom is 0.407 e. The Morgan fingerprint density at radius 3 is 1.27 bits per heavy atom. The lowest BCUT2D eigenvalue weighted by Gasteiger charge is -2.29. The van der Waals surface area contributed by atoms with E-state index in [1.807, 2.05) is 102 Å². The van der Waals surface area contributed by atoms with Crippen LogP contribution >= 0.6 is 0 Å². The van der Waals surface area contributed by atoms with Crippen LogP contribution in [0.4, 0.5) is 9.59 Å². The summed E-state index contributed by atoms with van der Waals surface area (Å²) in [5.41, 5.74) is 0.912. The normalized spacial score (nSPS) is 21.0. The van der Waals surface area contributed by atoms with Crippen molar-refractivity contribution in [3.8, 4) is 0 Å². The molecule has 0 unspecified atom stereocenters. The second-order valence-corrected chi connectivity index (χ2v) is 14.6. The predicted molar refractivity (Wildman–Crippen MR) is 183 cm³/mol. The molecule has 2 fully saturated rings. The zero-order chi connectivity index (χ0) is 35.2. The number of ether oxygens (including phenoxy) is 4. The van der Waals surface area contributed by atoms with Crippen LogP contribution in [0, 0.1) is 11.8 Å². The molecule has 2 saturated carbocycles. The van der Waals surface area contributed by atoms with E-state index >= 15 is 0 Å². The van der Waals surface area contributed by atoms with E-state index in [1.54, 1.807) is 0 Å². The standard InChI is InChI=1S/2C19H27NO4/c2*1-19(2,3)24-18(22)20-16-11-7-10-15(12-16)17(21)23-13-14-8-5-4-6-9-14/h2*4-6,8-9,15-16H,7,10-13H2,1-3H3,(H,20,22)/t2*15-,16+/m10/s1. The first-order valence-corrected chi connectivity index (χ1v) is 17.1. The first kappa shape index (κ1) is 38.4. The third kappa shape index (κ3) is 15.2. The molecule has 4 atom stereocenters. The zero-order valence-corrected chi connectivity index (χ0v) is 29.4. The lowest BCUT2D eigenvalue weighted by atomic mass is 9.86. The average Bonchev–Trinajstić information content (AvgIpc) is 3.02. The molecule has 0 saturated heterocycles. The van der Waals surface area contributed by atoms with Crippen molar-refractivity contribution in [1.29, 1.82) is 0 Å². The maximum atomic E-state index is 12.3. The van der Waals surface area contributed by atoms with E-state index in [2.05, 4.69) is 10.6 Å². The first-order valence-electron chi connectivity index (χ1n) is 17.1. The number of carbonyl (C=O) groups is 4. The van der Waals surface area contributed by atoms with Gasteiger partial charge in [-0.1, -0.05) is 73.5 Å². The fourth-order valence-electron chi connectivity index (χ4n) is 5.71. The van der Waals surface area contributed by atoms with E-state index in [1.165, 1.54) is 0 Å². The summed E-state index contributed by atoms with van der Waals surface area (Å²) < 4.78 is 21.4. The molecule has 10 nitrogen and oxygen atoms in total. The predicted octanol–water partition coefficient (Wildman–Crippen LogP) is 7.63. The highest BCUT2D eigenvalue weighted by Crippen LogP contribution is 2.27. The fraction of sp³-hybridized carbons (Fsp3) is 0.579. The lowest BCUT2D eigenvalue weighted by molar-refractivity contribution is -0.152. The van der Waals surface area contributed by atoms with Gasteiger partial charge in [0.1, 0.15) is 24.4 Å². The van der Waals surface area contributed by atoms with Gasteiger partial charge in [-0.2, -0.15) is 0 Å². The summed E-state index contributed by atoms with van der Waals surface area (Å²) >= 11 is 0. The second-order valence-electron chi connectivity index (χ2n) is 14.6. The summed E-state index contributed by atoms with van der Waals surface area (Å²) in [6.45, 7) is 11.6. The van der Waals surface area contributed by atoms with Crippen molar-refractivity contribution in [3.63, 3.8) is 0 Å². The van der Waals surface area contributed by atoms with Gasteiger partial charge in [0.05, 0.1) is 11.8 Å². The first-order chi connectivity index (χ1) is 22.7. The Morgan fingerprint density at radius 1 is 0.583 bits per heavy atom. The van der Waals surface area contributed by atoms with Gasteiger partial charge in [-0.15, -0.1) is 0 Å². The SMILES string of the molecule is CC(C)(C)OC(=O)N[C@@H]1CCC[C@H](C(=O)OCc2ccccc2)C1.CC(C)(C)OC(=O)N[C@H]1CCC[C@@H](C(=O)OCc2ccccc2)C1. The molecule has 2 amide bonds. The quantitative estimate of drug-likeness (QED) is 0.217. The third-order valence-corrected chi connectivity index (χ3v) is 7.90. The summed E-state index contributed by atoms with van der Waals surface area (Å²) in [4.78, 5) is 48.3. The Hall–Kier alpha value is -4.08. The third-order valence-electron chi connectivity index (χ3n) is 7.90. The van der Waals surface area contributed by atoms with E-state index < -0.39 is 23.4 Å². The Balaban J connectivity index is 0.000000260. The number of alkyl carbamates (subject to hydrolysis) is 2. The molecular formula is C38H54N2O8. The largest absolute Gasteiger partial charge is 0.461 e. The highest BCUT2D eigenvalue weighted by molar-refractivity contribution is 5.74. The number of hydrogen-bond donors (Lipinski definition) is 2. The molecular weight excluding hydrogens is 612 g/mol. The van der Waals surface area contributed by atoms with E-state index in [-0.39, 0.29) is 35.9 Å². The van der Waals surface area contributed by atoms with Crippen molar-refractivity contribution in [2.45, 2.75) is 129 Å². The summed E-state index contributed by atoms with van der Waals surface area (Å²) in [5.74, 6) is -0.700. The number of hydrogen-bond acceptors (Lipinski definition) is 8. The average molecular weight is 667 g/mol. The molecule has 0 spiro atoms. The van der Waals surface area contributed by atoms with Crippen molar-refractivity contribution in [2.75, 3.05) is 0 Å². The van der Waals surface area contributed by atoms with Gasteiger partial charge in [-0.3, -0.25) is 9.59 Å². The number of nitrogens with one attached hydrogen (secondary N) is 2. The number of benzene rings is 2. The number of esters is 2. The molecule has 48 heavy (non-hydrogen) atoms. The Morgan fingerprint density at radius 2 is 0.938 bits per heavy atom. The van der Waals surface area contributed by atoms with Crippen LogP contribution in [0.1, 0.15) is 104 Å². The number of amides is 2. The van der Waals surface area contributed by atoms with E-state index in [9.17, 15) is 19.2 Å². The van der Waals surface area contributed by atoms with E-state index in [0.717, 1.165) is 49.7 Å². The van der Waals surface area contributed by atoms with Gasteiger partial charge in [0, 0.05) is 12.1 Å². The Kier molecular flexibility index (Phi) is 14.8. The van der Waals surface area contributed by atoms with Crippen LogP contribution in [-0.2, 0) is 41.8 Å². The summed E-state index contributed by atoms with van der Waals surface area (Å²) in [6, 6.07) is 19.2. The minimum atomic E-state index is -0.521. The highest BCUT2D eigenvalue weighted by atomic mass is 16.6. The fourth-order valence-corrected chi connectivity index (χ4v) is 5.71. The molecule has 2 aliphatic rings. The van der Waals surface area contributed by atoms with E-state index in [0.29, 0.717) is 26.1 Å². The van der Waals surface area contributed by atoms with Crippen molar-refractivity contribution < 1.29 is 38.1 Å². The number of carbonyl (C=O) groups excluding carboxylic acids is 4. The van der Waals surface area contributed by atoms with Gasteiger partial charge in [0.25, 0.3) is 0 Å². The molecule has 0 bridgehead atoms. The van der Waals surface area contributed by atoms with Crippen molar-refractivity contribution in [1.82, 2.24) is 10.6 Å². The van der Waals surface area contributed by atoms with Gasteiger partial charge in [-0.05, 0) is 91.2 Å². The molecule has 2 aromatic rings. The summed E-state index contributed by atoms with van der Waals surface area (Å²) in [5, 5.41) is 5.73. The van der Waals surface area contributed by atoms with Crippen molar-refractivity contribution in [3.05, 3.63) is 71.8 Å². The Bertz CT molecular complexity index is 1200. The maximum absolute atomic E-state index is 12.3. The smallest absolute Gasteiger partial charge is 0.407 e. The Labute approximate surface area is 285 Å². The van der Waals surface area contributed by atoms with Crippen LogP contribution in [-0.4, -0.2) is 47.4 Å².